The molecule has 44 heavy (non-hydrogen) atoms. The summed E-state index contributed by atoms with van der Waals surface area (Å²) in [5.41, 5.74) is 2.88. The molecule has 9 nitrogen and oxygen atoms in total. The summed E-state index contributed by atoms with van der Waals surface area (Å²) >= 11 is 6.25. The Labute approximate surface area is 263 Å². The van der Waals surface area contributed by atoms with Gasteiger partial charge < -0.3 is 9.64 Å². The average Bonchev–Trinajstić information content (AvgIpc) is 2.97. The molecule has 0 amide bonds. The van der Waals surface area contributed by atoms with E-state index in [2.05, 4.69) is 59.1 Å². The van der Waals surface area contributed by atoms with Gasteiger partial charge in [0.1, 0.15) is 11.6 Å². The van der Waals surface area contributed by atoms with Crippen molar-refractivity contribution in [2.24, 2.45) is 0 Å². The molecule has 3 heterocycles. The largest absolute Gasteiger partial charge is 0.376 e. The minimum atomic E-state index is -4.01. The van der Waals surface area contributed by atoms with Crippen molar-refractivity contribution in [1.82, 2.24) is 19.9 Å². The number of hydrogen-bond donors (Lipinski definition) is 1. The summed E-state index contributed by atoms with van der Waals surface area (Å²) in [5, 5.41) is -0.00801. The third kappa shape index (κ3) is 7.63. The molecule has 0 bridgehead atoms. The molecule has 0 unspecified atom stereocenters. The minimum Gasteiger partial charge on any atom is -0.376 e. The van der Waals surface area contributed by atoms with Crippen LogP contribution in [0.5, 0.6) is 0 Å². The number of halogens is 2. The van der Waals surface area contributed by atoms with Crippen molar-refractivity contribution < 1.29 is 17.5 Å². The molecule has 1 N–H and O–H groups in total. The normalized spacial score (nSPS) is 15.1. The van der Waals surface area contributed by atoms with Gasteiger partial charge in [0, 0.05) is 50.1 Å². The predicted octanol–water partition coefficient (Wildman–Crippen LogP) is 6.39. The second kappa shape index (κ2) is 12.5. The fourth-order valence-electron chi connectivity index (χ4n) is 5.13. The maximum absolute atomic E-state index is 13.3. The Kier molecular flexibility index (Phi) is 9.13. The van der Waals surface area contributed by atoms with E-state index in [4.69, 9.17) is 21.3 Å². The van der Waals surface area contributed by atoms with Crippen LogP contribution in [0.25, 0.3) is 22.2 Å². The lowest BCUT2D eigenvalue weighted by molar-refractivity contribution is -0.0251. The van der Waals surface area contributed by atoms with E-state index in [9.17, 15) is 12.8 Å². The second-order valence-electron chi connectivity index (χ2n) is 12.6. The van der Waals surface area contributed by atoms with Crippen LogP contribution in [0.4, 0.5) is 15.9 Å². The number of benzene rings is 2. The molecule has 5 rings (SSSR count). The summed E-state index contributed by atoms with van der Waals surface area (Å²) in [5.74, 6) is 0.280. The van der Waals surface area contributed by atoms with Gasteiger partial charge in [0.15, 0.2) is 5.15 Å². The zero-order chi connectivity index (χ0) is 31.7. The third-order valence-electron chi connectivity index (χ3n) is 7.78. The van der Waals surface area contributed by atoms with Crippen LogP contribution >= 0.6 is 11.6 Å². The van der Waals surface area contributed by atoms with Gasteiger partial charge >= 0.3 is 0 Å². The van der Waals surface area contributed by atoms with Crippen LogP contribution in [0.15, 0.2) is 65.8 Å². The van der Waals surface area contributed by atoms with E-state index in [-0.39, 0.29) is 26.9 Å². The highest BCUT2D eigenvalue weighted by atomic mass is 35.5. The molecule has 0 radical (unpaired) electrons. The molecule has 1 aliphatic rings. The van der Waals surface area contributed by atoms with Crippen molar-refractivity contribution in [3.63, 3.8) is 0 Å². The van der Waals surface area contributed by atoms with E-state index < -0.39 is 15.8 Å². The Balaban J connectivity index is 1.30. The second-order valence-corrected chi connectivity index (χ2v) is 14.6. The molecule has 4 aromatic rings. The molecule has 2 aromatic heterocycles. The van der Waals surface area contributed by atoms with Crippen LogP contribution in [-0.4, -0.2) is 72.2 Å². The first kappa shape index (κ1) is 32.0. The molecule has 1 aliphatic heterocycles. The smallest absolute Gasteiger partial charge is 0.261 e. The molecule has 0 spiro atoms. The minimum absolute atomic E-state index is 0.00801. The third-order valence-corrected chi connectivity index (χ3v) is 9.46. The lowest BCUT2D eigenvalue weighted by Gasteiger charge is -2.44. The van der Waals surface area contributed by atoms with E-state index in [1.165, 1.54) is 12.1 Å². The summed E-state index contributed by atoms with van der Waals surface area (Å²) < 4.78 is 47.5. The van der Waals surface area contributed by atoms with Crippen LogP contribution in [0.3, 0.4) is 0 Å². The zero-order valence-corrected chi connectivity index (χ0v) is 27.2. The zero-order valence-electron chi connectivity index (χ0n) is 25.6. The van der Waals surface area contributed by atoms with Gasteiger partial charge in [-0.2, -0.15) is 0 Å². The Bertz CT molecular complexity index is 1740. The van der Waals surface area contributed by atoms with Crippen LogP contribution in [0, 0.1) is 5.82 Å². The number of sulfonamides is 1. The molecule has 0 aliphatic carbocycles. The SMILES string of the molecule is CC(C)(C)OCCC(C)(C)N1CCN(c2cnc3ccc(-c4cnc(Cl)c(NS(=O)(=O)c5ccc(F)cc5)c4)cc3n2)CC1. The van der Waals surface area contributed by atoms with Gasteiger partial charge in [0.05, 0.1) is 33.4 Å². The summed E-state index contributed by atoms with van der Waals surface area (Å²) in [6, 6.07) is 11.8. The van der Waals surface area contributed by atoms with E-state index in [0.717, 1.165) is 68.2 Å². The van der Waals surface area contributed by atoms with Crippen LogP contribution in [-0.2, 0) is 14.8 Å². The van der Waals surface area contributed by atoms with Crippen molar-refractivity contribution in [2.75, 3.05) is 42.4 Å². The summed E-state index contributed by atoms with van der Waals surface area (Å²) in [4.78, 5) is 18.5. The molecule has 0 atom stereocenters. The molecular formula is C32H38ClFN6O3S. The monoisotopic (exact) mass is 640 g/mol. The van der Waals surface area contributed by atoms with Gasteiger partial charge in [-0.25, -0.2) is 22.8 Å². The summed E-state index contributed by atoms with van der Waals surface area (Å²) in [6.45, 7) is 15.0. The van der Waals surface area contributed by atoms with Crippen molar-refractivity contribution in [3.8, 4) is 11.1 Å². The topological polar surface area (TPSA) is 101 Å². The Hall–Kier alpha value is -3.38. The van der Waals surface area contributed by atoms with Crippen molar-refractivity contribution in [3.05, 3.63) is 71.9 Å². The highest BCUT2D eigenvalue weighted by molar-refractivity contribution is 7.92. The molecule has 1 fully saturated rings. The number of fused-ring (bicyclic) bond motifs is 1. The predicted molar refractivity (Wildman–Crippen MR) is 173 cm³/mol. The number of hydrogen-bond acceptors (Lipinski definition) is 8. The van der Waals surface area contributed by atoms with E-state index in [1.54, 1.807) is 12.3 Å². The first-order valence-corrected chi connectivity index (χ1v) is 16.4. The maximum atomic E-state index is 13.3. The standard InChI is InChI=1S/C32H38ClFN6O3S/c1-31(2,3)43-17-12-32(4,5)40-15-13-39(14-16-40)29-21-35-26-11-6-22(18-27(26)37-29)23-19-28(30(33)36-20-23)38-44(41,42)25-9-7-24(34)8-10-25/h6-11,18-21,38H,12-17H2,1-5H3. The molecule has 12 heteroatoms. The highest BCUT2D eigenvalue weighted by Gasteiger charge is 2.30. The first-order chi connectivity index (χ1) is 20.7. The maximum Gasteiger partial charge on any atom is 0.261 e. The van der Waals surface area contributed by atoms with Crippen LogP contribution in [0.1, 0.15) is 41.0 Å². The number of nitrogens with zero attached hydrogens (tertiary/aromatic N) is 5. The van der Waals surface area contributed by atoms with Crippen LogP contribution in [0.2, 0.25) is 5.15 Å². The van der Waals surface area contributed by atoms with Gasteiger partial charge in [-0.3, -0.25) is 14.6 Å². The number of rotatable bonds is 9. The lowest BCUT2D eigenvalue weighted by Crippen LogP contribution is -2.55. The number of ether oxygens (including phenoxy) is 1. The van der Waals surface area contributed by atoms with Gasteiger partial charge in [-0.15, -0.1) is 0 Å². The number of pyridine rings is 1. The quantitative estimate of drug-likeness (QED) is 0.210. The molecule has 2 aromatic carbocycles. The number of piperazine rings is 1. The molecule has 0 saturated carbocycles. The first-order valence-electron chi connectivity index (χ1n) is 14.6. The highest BCUT2D eigenvalue weighted by Crippen LogP contribution is 2.31. The Morgan fingerprint density at radius 3 is 2.30 bits per heavy atom. The Morgan fingerprint density at radius 1 is 0.909 bits per heavy atom. The van der Waals surface area contributed by atoms with Gasteiger partial charge in [-0.05, 0) is 89.1 Å². The van der Waals surface area contributed by atoms with Crippen molar-refractivity contribution >= 4 is 44.2 Å². The number of nitrogens with one attached hydrogen (secondary N) is 1. The van der Waals surface area contributed by atoms with E-state index in [0.29, 0.717) is 11.1 Å². The van der Waals surface area contributed by atoms with Gasteiger partial charge in [-0.1, -0.05) is 17.7 Å². The van der Waals surface area contributed by atoms with Crippen molar-refractivity contribution in [1.29, 1.82) is 0 Å². The Morgan fingerprint density at radius 2 is 1.61 bits per heavy atom. The average molecular weight is 641 g/mol. The van der Waals surface area contributed by atoms with Crippen LogP contribution < -0.4 is 9.62 Å². The summed E-state index contributed by atoms with van der Waals surface area (Å²) in [7, 11) is -4.01. The lowest BCUT2D eigenvalue weighted by atomic mass is 9.97. The molecule has 234 valence electrons. The molecule has 1 saturated heterocycles. The van der Waals surface area contributed by atoms with Gasteiger partial charge in [0.25, 0.3) is 10.0 Å². The van der Waals surface area contributed by atoms with Crippen molar-refractivity contribution in [2.45, 2.75) is 57.1 Å². The van der Waals surface area contributed by atoms with E-state index >= 15 is 0 Å². The summed E-state index contributed by atoms with van der Waals surface area (Å²) in [6.07, 6.45) is 4.34. The fraction of sp³-hybridized carbons (Fsp3) is 0.406. The van der Waals surface area contributed by atoms with Gasteiger partial charge in [0.2, 0.25) is 0 Å². The molecular weight excluding hydrogens is 603 g/mol. The fourth-order valence-corrected chi connectivity index (χ4v) is 6.40. The van der Waals surface area contributed by atoms with E-state index in [1.807, 2.05) is 24.4 Å². The number of anilines is 2. The number of aromatic nitrogens is 3.